The third-order valence-corrected chi connectivity index (χ3v) is 7.00. The van der Waals surface area contributed by atoms with Gasteiger partial charge in [0.1, 0.15) is 11.5 Å². The van der Waals surface area contributed by atoms with Crippen molar-refractivity contribution in [3.05, 3.63) is 99.8 Å². The Bertz CT molecular complexity index is 1860. The standard InChI is InChI=1S/C33H31N3O5/c1-20(2)25-17-26(21(3)16-30(25)39-4)32-35-28-13-9-8-12-24(28)33(38)36(32)34-18-27-23-11-7-6-10-22(23)14-15-29(27)41-19-31(37)40-5/h6-18,20H,19H2,1-5H3. The lowest BCUT2D eigenvalue weighted by Crippen LogP contribution is -2.21. The number of benzene rings is 4. The molecule has 5 aromatic rings. The molecule has 0 saturated carbocycles. The molecule has 0 aliphatic carbocycles. The molecule has 0 N–H and O–H groups in total. The maximum absolute atomic E-state index is 13.9. The van der Waals surface area contributed by atoms with E-state index in [9.17, 15) is 9.59 Å². The van der Waals surface area contributed by atoms with Gasteiger partial charge in [0, 0.05) is 11.1 Å². The number of carbonyl (C=O) groups excluding carboxylic acids is 1. The minimum atomic E-state index is -0.505. The summed E-state index contributed by atoms with van der Waals surface area (Å²) in [6, 6.07) is 22.6. The first kappa shape index (κ1) is 27.6. The van der Waals surface area contributed by atoms with Crippen LogP contribution in [0.3, 0.4) is 0 Å². The van der Waals surface area contributed by atoms with Crippen LogP contribution in [0.15, 0.2) is 82.7 Å². The van der Waals surface area contributed by atoms with Gasteiger partial charge in [0.25, 0.3) is 5.56 Å². The molecule has 8 heteroatoms. The number of methoxy groups -OCH3 is 2. The lowest BCUT2D eigenvalue weighted by atomic mass is 9.96. The van der Waals surface area contributed by atoms with Crippen molar-refractivity contribution in [1.82, 2.24) is 9.66 Å². The second-order valence-corrected chi connectivity index (χ2v) is 9.94. The van der Waals surface area contributed by atoms with E-state index in [0.29, 0.717) is 28.0 Å². The highest BCUT2D eigenvalue weighted by Crippen LogP contribution is 2.34. The van der Waals surface area contributed by atoms with Crippen LogP contribution >= 0.6 is 0 Å². The largest absolute Gasteiger partial charge is 0.496 e. The number of ether oxygens (including phenoxy) is 3. The van der Waals surface area contributed by atoms with Gasteiger partial charge in [0.15, 0.2) is 12.4 Å². The smallest absolute Gasteiger partial charge is 0.343 e. The summed E-state index contributed by atoms with van der Waals surface area (Å²) in [7, 11) is 2.96. The molecule has 0 spiro atoms. The molecule has 4 aromatic carbocycles. The monoisotopic (exact) mass is 549 g/mol. The molecule has 0 bridgehead atoms. The van der Waals surface area contributed by atoms with Crippen molar-refractivity contribution in [3.8, 4) is 22.9 Å². The molecule has 0 atom stereocenters. The molecule has 5 rings (SSSR count). The number of hydrogen-bond acceptors (Lipinski definition) is 7. The Morgan fingerprint density at radius 3 is 2.44 bits per heavy atom. The van der Waals surface area contributed by atoms with Crippen molar-refractivity contribution >= 4 is 33.9 Å². The van der Waals surface area contributed by atoms with E-state index in [1.165, 1.54) is 11.8 Å². The van der Waals surface area contributed by atoms with Gasteiger partial charge in [-0.3, -0.25) is 4.79 Å². The van der Waals surface area contributed by atoms with E-state index in [0.717, 1.165) is 33.2 Å². The van der Waals surface area contributed by atoms with Gasteiger partial charge >= 0.3 is 5.97 Å². The maximum atomic E-state index is 13.9. The molecule has 0 aliphatic rings. The van der Waals surface area contributed by atoms with Crippen LogP contribution in [0.25, 0.3) is 33.1 Å². The van der Waals surface area contributed by atoms with Gasteiger partial charge in [-0.1, -0.05) is 56.3 Å². The zero-order valence-corrected chi connectivity index (χ0v) is 23.7. The van der Waals surface area contributed by atoms with Crippen molar-refractivity contribution < 1.29 is 19.0 Å². The average molecular weight is 550 g/mol. The summed E-state index contributed by atoms with van der Waals surface area (Å²) >= 11 is 0. The molecular weight excluding hydrogens is 518 g/mol. The Hall–Kier alpha value is -4.98. The van der Waals surface area contributed by atoms with E-state index in [-0.39, 0.29) is 18.1 Å². The fourth-order valence-corrected chi connectivity index (χ4v) is 4.82. The van der Waals surface area contributed by atoms with E-state index >= 15 is 0 Å². The molecule has 208 valence electrons. The first-order valence-corrected chi connectivity index (χ1v) is 13.3. The minimum absolute atomic E-state index is 0.179. The van der Waals surface area contributed by atoms with Crippen LogP contribution < -0.4 is 15.0 Å². The molecule has 0 fully saturated rings. The van der Waals surface area contributed by atoms with Crippen LogP contribution in [-0.4, -0.2) is 42.7 Å². The predicted molar refractivity (Wildman–Crippen MR) is 161 cm³/mol. The van der Waals surface area contributed by atoms with Gasteiger partial charge in [0.05, 0.1) is 31.3 Å². The van der Waals surface area contributed by atoms with Gasteiger partial charge in [-0.25, -0.2) is 9.78 Å². The predicted octanol–water partition coefficient (Wildman–Crippen LogP) is 6.09. The van der Waals surface area contributed by atoms with Crippen LogP contribution in [-0.2, 0) is 9.53 Å². The Morgan fingerprint density at radius 1 is 0.976 bits per heavy atom. The fourth-order valence-electron chi connectivity index (χ4n) is 4.82. The van der Waals surface area contributed by atoms with Crippen LogP contribution in [0.5, 0.6) is 11.5 Å². The maximum Gasteiger partial charge on any atom is 0.343 e. The summed E-state index contributed by atoms with van der Waals surface area (Å²) in [5.74, 6) is 1.30. The number of aromatic nitrogens is 2. The lowest BCUT2D eigenvalue weighted by molar-refractivity contribution is -0.142. The summed E-state index contributed by atoms with van der Waals surface area (Å²) in [5.41, 5.74) is 3.55. The Balaban J connectivity index is 1.75. The number of aryl methyl sites for hydroxylation is 1. The highest BCUT2D eigenvalue weighted by molar-refractivity contribution is 6.02. The first-order chi connectivity index (χ1) is 19.8. The van der Waals surface area contributed by atoms with Crippen molar-refractivity contribution in [1.29, 1.82) is 0 Å². The number of esters is 1. The highest BCUT2D eigenvalue weighted by atomic mass is 16.6. The number of fused-ring (bicyclic) bond motifs is 2. The molecule has 41 heavy (non-hydrogen) atoms. The quantitative estimate of drug-likeness (QED) is 0.172. The summed E-state index contributed by atoms with van der Waals surface area (Å²) in [5, 5.41) is 6.96. The van der Waals surface area contributed by atoms with Crippen LogP contribution in [0.4, 0.5) is 0 Å². The van der Waals surface area contributed by atoms with Gasteiger partial charge in [-0.2, -0.15) is 9.78 Å². The number of nitrogens with zero attached hydrogens (tertiary/aromatic N) is 3. The zero-order valence-electron chi connectivity index (χ0n) is 23.7. The van der Waals surface area contributed by atoms with E-state index < -0.39 is 5.97 Å². The highest BCUT2D eigenvalue weighted by Gasteiger charge is 2.19. The molecule has 0 radical (unpaired) electrons. The van der Waals surface area contributed by atoms with Crippen molar-refractivity contribution in [2.75, 3.05) is 20.8 Å². The van der Waals surface area contributed by atoms with Crippen molar-refractivity contribution in [3.63, 3.8) is 0 Å². The molecule has 1 aromatic heterocycles. The number of rotatable bonds is 8. The van der Waals surface area contributed by atoms with Crippen molar-refractivity contribution in [2.45, 2.75) is 26.7 Å². The molecular formula is C33H31N3O5. The van der Waals surface area contributed by atoms with Crippen LogP contribution in [0, 0.1) is 6.92 Å². The summed E-state index contributed by atoms with van der Waals surface area (Å²) in [4.78, 5) is 30.6. The number of para-hydroxylation sites is 1. The number of carbonyl (C=O) groups is 1. The summed E-state index contributed by atoms with van der Waals surface area (Å²) < 4.78 is 17.5. The minimum Gasteiger partial charge on any atom is -0.496 e. The third kappa shape index (κ3) is 5.41. The zero-order chi connectivity index (χ0) is 29.1. The molecule has 0 amide bonds. The molecule has 1 heterocycles. The van der Waals surface area contributed by atoms with E-state index in [1.54, 1.807) is 31.5 Å². The van der Waals surface area contributed by atoms with E-state index in [2.05, 4.69) is 13.8 Å². The molecule has 0 aliphatic heterocycles. The second kappa shape index (κ2) is 11.6. The second-order valence-electron chi connectivity index (χ2n) is 9.94. The van der Waals surface area contributed by atoms with E-state index in [1.807, 2.05) is 61.5 Å². The normalized spacial score (nSPS) is 11.5. The van der Waals surface area contributed by atoms with Gasteiger partial charge in [-0.05, 0) is 65.1 Å². The SMILES string of the molecule is COC(=O)COc1ccc2ccccc2c1C=Nn1c(-c2cc(C(C)C)c(OC)cc2C)nc2ccccc2c1=O. The van der Waals surface area contributed by atoms with Crippen LogP contribution in [0.1, 0.15) is 36.5 Å². The third-order valence-electron chi connectivity index (χ3n) is 7.00. The average Bonchev–Trinajstić information content (AvgIpc) is 2.99. The summed E-state index contributed by atoms with van der Waals surface area (Å²) in [6.45, 7) is 5.88. The van der Waals surface area contributed by atoms with Gasteiger partial charge in [-0.15, -0.1) is 0 Å². The van der Waals surface area contributed by atoms with Crippen LogP contribution in [0.2, 0.25) is 0 Å². The van der Waals surface area contributed by atoms with Gasteiger partial charge in [0.2, 0.25) is 0 Å². The lowest BCUT2D eigenvalue weighted by Gasteiger charge is -2.17. The molecule has 0 unspecified atom stereocenters. The molecule has 0 saturated heterocycles. The first-order valence-electron chi connectivity index (χ1n) is 13.3. The fraction of sp³-hybridized carbons (Fsp3) is 0.212. The topological polar surface area (TPSA) is 92.0 Å². The Kier molecular flexibility index (Phi) is 7.83. The van der Waals surface area contributed by atoms with Crippen molar-refractivity contribution in [2.24, 2.45) is 5.10 Å². The Morgan fingerprint density at radius 2 is 1.71 bits per heavy atom. The Labute approximate surface area is 237 Å². The molecule has 8 nitrogen and oxygen atoms in total. The van der Waals surface area contributed by atoms with E-state index in [4.69, 9.17) is 24.3 Å². The summed E-state index contributed by atoms with van der Waals surface area (Å²) in [6.07, 6.45) is 1.58. The number of hydrogen-bond donors (Lipinski definition) is 0. The van der Waals surface area contributed by atoms with Gasteiger partial charge < -0.3 is 14.2 Å².